The van der Waals surface area contributed by atoms with Gasteiger partial charge in [-0.1, -0.05) is 45.9 Å². The second-order valence-corrected chi connectivity index (χ2v) is 5.71. The molecule has 0 unspecified atom stereocenters. The molecule has 0 aliphatic rings. The molecule has 1 aromatic rings. The zero-order chi connectivity index (χ0) is 14.3. The number of nitrogens with one attached hydrogen (secondary N) is 1. The normalized spacial score (nSPS) is 11.9. The molecule has 108 valence electrons. The van der Waals surface area contributed by atoms with E-state index in [4.69, 9.17) is 4.74 Å². The molecule has 0 saturated carbocycles. The first kappa shape index (κ1) is 16.0. The predicted molar refractivity (Wildman–Crippen MR) is 83.0 cm³/mol. The molecule has 2 nitrogen and oxygen atoms in total. The van der Waals surface area contributed by atoms with Gasteiger partial charge >= 0.3 is 0 Å². The highest BCUT2D eigenvalue weighted by atomic mass is 16.5. The summed E-state index contributed by atoms with van der Waals surface area (Å²) < 4.78 is 5.55. The van der Waals surface area contributed by atoms with Gasteiger partial charge < -0.3 is 10.1 Å². The summed E-state index contributed by atoms with van der Waals surface area (Å²) in [7, 11) is 1.76. The molecule has 0 aliphatic carbocycles. The van der Waals surface area contributed by atoms with Crippen LogP contribution in [0.15, 0.2) is 24.3 Å². The summed E-state index contributed by atoms with van der Waals surface area (Å²) in [6, 6.07) is 8.43. The van der Waals surface area contributed by atoms with Crippen LogP contribution in [0.2, 0.25) is 0 Å². The van der Waals surface area contributed by atoms with Gasteiger partial charge in [-0.05, 0) is 31.4 Å². The maximum Gasteiger partial charge on any atom is 0.122 e. The van der Waals surface area contributed by atoms with Gasteiger partial charge in [0.25, 0.3) is 0 Å². The van der Waals surface area contributed by atoms with E-state index in [2.05, 4.69) is 51.2 Å². The first-order chi connectivity index (χ1) is 9.09. The number of ether oxygens (including phenoxy) is 1. The Morgan fingerprint density at radius 2 is 1.79 bits per heavy atom. The van der Waals surface area contributed by atoms with Crippen molar-refractivity contribution >= 4 is 0 Å². The number of hydrogen-bond donors (Lipinski definition) is 1. The Morgan fingerprint density at radius 1 is 1.16 bits per heavy atom. The molecule has 19 heavy (non-hydrogen) atoms. The molecule has 1 N–H and O–H groups in total. The van der Waals surface area contributed by atoms with Crippen molar-refractivity contribution in [2.24, 2.45) is 5.92 Å². The molecule has 0 spiro atoms. The van der Waals surface area contributed by atoms with Crippen molar-refractivity contribution in [2.45, 2.75) is 46.0 Å². The van der Waals surface area contributed by atoms with Crippen molar-refractivity contribution in [1.82, 2.24) is 5.32 Å². The van der Waals surface area contributed by atoms with E-state index in [1.807, 2.05) is 6.07 Å². The van der Waals surface area contributed by atoms with Crippen molar-refractivity contribution in [3.05, 3.63) is 29.8 Å². The molecular weight excluding hydrogens is 234 g/mol. The zero-order valence-electron chi connectivity index (χ0n) is 13.1. The number of rotatable bonds is 8. The van der Waals surface area contributed by atoms with Crippen LogP contribution in [-0.2, 0) is 5.41 Å². The summed E-state index contributed by atoms with van der Waals surface area (Å²) in [6.45, 7) is 11.1. The molecule has 0 amide bonds. The summed E-state index contributed by atoms with van der Waals surface area (Å²) >= 11 is 0. The van der Waals surface area contributed by atoms with Crippen molar-refractivity contribution in [3.8, 4) is 5.75 Å². The van der Waals surface area contributed by atoms with E-state index in [1.54, 1.807) is 7.11 Å². The summed E-state index contributed by atoms with van der Waals surface area (Å²) in [4.78, 5) is 0. The third-order valence-electron chi connectivity index (χ3n) is 4.05. The van der Waals surface area contributed by atoms with E-state index in [1.165, 1.54) is 5.56 Å². The molecule has 0 atom stereocenters. The molecule has 0 radical (unpaired) electrons. The zero-order valence-corrected chi connectivity index (χ0v) is 13.1. The monoisotopic (exact) mass is 263 g/mol. The van der Waals surface area contributed by atoms with E-state index in [9.17, 15) is 0 Å². The fourth-order valence-corrected chi connectivity index (χ4v) is 2.66. The molecular formula is C17H29NO. The topological polar surface area (TPSA) is 21.3 Å². The molecule has 2 heteroatoms. The highest BCUT2D eigenvalue weighted by molar-refractivity contribution is 5.40. The molecule has 0 aliphatic heterocycles. The first-order valence-corrected chi connectivity index (χ1v) is 7.43. The highest BCUT2D eigenvalue weighted by Crippen LogP contribution is 2.37. The van der Waals surface area contributed by atoms with E-state index in [-0.39, 0.29) is 5.41 Å². The molecule has 0 fully saturated rings. The maximum atomic E-state index is 5.55. The summed E-state index contributed by atoms with van der Waals surface area (Å²) in [5, 5.41) is 3.62. The van der Waals surface area contributed by atoms with Gasteiger partial charge in [0.1, 0.15) is 5.75 Å². The summed E-state index contributed by atoms with van der Waals surface area (Å²) in [6.07, 6.45) is 2.24. The van der Waals surface area contributed by atoms with Crippen LogP contribution in [0.25, 0.3) is 0 Å². The second-order valence-electron chi connectivity index (χ2n) is 5.71. The van der Waals surface area contributed by atoms with Crippen molar-refractivity contribution < 1.29 is 4.74 Å². The molecule has 0 aromatic heterocycles. The van der Waals surface area contributed by atoms with E-state index in [0.29, 0.717) is 5.92 Å². The second kappa shape index (κ2) is 7.54. The maximum absolute atomic E-state index is 5.55. The number of para-hydroxylation sites is 1. The Hall–Kier alpha value is -1.02. The van der Waals surface area contributed by atoms with Crippen LogP contribution in [0.1, 0.15) is 46.1 Å². The quantitative estimate of drug-likeness (QED) is 0.765. The standard InChI is InChI=1S/C17H29NO/c1-6-17(7-2,13-18-12-14(3)4)15-10-8-9-11-16(15)19-5/h8-11,14,18H,6-7,12-13H2,1-5H3. The Labute approximate surface area is 118 Å². The van der Waals surface area contributed by atoms with Gasteiger partial charge in [-0.25, -0.2) is 0 Å². The number of methoxy groups -OCH3 is 1. The van der Waals surface area contributed by atoms with Crippen LogP contribution in [-0.4, -0.2) is 20.2 Å². The third kappa shape index (κ3) is 3.97. The SMILES string of the molecule is CCC(CC)(CNCC(C)C)c1ccccc1OC. The van der Waals surface area contributed by atoms with Gasteiger partial charge in [-0.2, -0.15) is 0 Å². The minimum Gasteiger partial charge on any atom is -0.496 e. The van der Waals surface area contributed by atoms with Gasteiger partial charge in [0.2, 0.25) is 0 Å². The average Bonchev–Trinajstić information content (AvgIpc) is 2.44. The third-order valence-corrected chi connectivity index (χ3v) is 4.05. The van der Waals surface area contributed by atoms with Crippen molar-refractivity contribution in [2.75, 3.05) is 20.2 Å². The van der Waals surface area contributed by atoms with Crippen LogP contribution in [0.3, 0.4) is 0 Å². The lowest BCUT2D eigenvalue weighted by Crippen LogP contribution is -2.39. The Morgan fingerprint density at radius 3 is 2.32 bits per heavy atom. The Balaban J connectivity index is 2.97. The van der Waals surface area contributed by atoms with Crippen molar-refractivity contribution in [1.29, 1.82) is 0 Å². The Bertz CT molecular complexity index is 369. The molecule has 0 heterocycles. The Kier molecular flexibility index (Phi) is 6.36. The van der Waals surface area contributed by atoms with E-state index in [0.717, 1.165) is 31.7 Å². The van der Waals surface area contributed by atoms with Gasteiger partial charge in [0.05, 0.1) is 7.11 Å². The molecule has 1 rings (SSSR count). The smallest absolute Gasteiger partial charge is 0.122 e. The van der Waals surface area contributed by atoms with Crippen molar-refractivity contribution in [3.63, 3.8) is 0 Å². The van der Waals surface area contributed by atoms with Crippen LogP contribution >= 0.6 is 0 Å². The number of benzene rings is 1. The average molecular weight is 263 g/mol. The van der Waals surface area contributed by atoms with E-state index < -0.39 is 0 Å². The number of hydrogen-bond acceptors (Lipinski definition) is 2. The summed E-state index contributed by atoms with van der Waals surface area (Å²) in [5.74, 6) is 1.70. The van der Waals surface area contributed by atoms with Gasteiger partial charge in [-0.3, -0.25) is 0 Å². The summed E-state index contributed by atoms with van der Waals surface area (Å²) in [5.41, 5.74) is 1.50. The van der Waals surface area contributed by atoms with Gasteiger partial charge in [0.15, 0.2) is 0 Å². The van der Waals surface area contributed by atoms with Crippen LogP contribution in [0.4, 0.5) is 0 Å². The molecule has 1 aromatic carbocycles. The van der Waals surface area contributed by atoms with E-state index >= 15 is 0 Å². The van der Waals surface area contributed by atoms with Crippen LogP contribution in [0.5, 0.6) is 5.75 Å². The van der Waals surface area contributed by atoms with Crippen LogP contribution in [0, 0.1) is 5.92 Å². The largest absolute Gasteiger partial charge is 0.496 e. The lowest BCUT2D eigenvalue weighted by Gasteiger charge is -2.34. The minimum absolute atomic E-state index is 0.168. The highest BCUT2D eigenvalue weighted by Gasteiger charge is 2.30. The van der Waals surface area contributed by atoms with Gasteiger partial charge in [-0.15, -0.1) is 0 Å². The lowest BCUT2D eigenvalue weighted by molar-refractivity contribution is 0.334. The molecule has 0 bridgehead atoms. The first-order valence-electron chi connectivity index (χ1n) is 7.43. The van der Waals surface area contributed by atoms with Crippen LogP contribution < -0.4 is 10.1 Å². The molecule has 0 saturated heterocycles. The minimum atomic E-state index is 0.168. The lowest BCUT2D eigenvalue weighted by atomic mass is 9.75. The fraction of sp³-hybridized carbons (Fsp3) is 0.647. The predicted octanol–water partition coefficient (Wildman–Crippen LogP) is 4.00. The van der Waals surface area contributed by atoms with Gasteiger partial charge in [0, 0.05) is 17.5 Å². The fourth-order valence-electron chi connectivity index (χ4n) is 2.66.